The highest BCUT2D eigenvalue weighted by molar-refractivity contribution is 7.09. The molecule has 4 heteroatoms. The molecule has 0 bridgehead atoms. The Morgan fingerprint density at radius 2 is 1.78 bits per heavy atom. The molecule has 0 radical (unpaired) electrons. The van der Waals surface area contributed by atoms with Crippen LogP contribution in [0.15, 0.2) is 29.6 Å². The van der Waals surface area contributed by atoms with E-state index in [1.54, 1.807) is 11.3 Å². The Bertz CT molecular complexity index is 497. The summed E-state index contributed by atoms with van der Waals surface area (Å²) in [7, 11) is 0. The first-order valence-electron chi connectivity index (χ1n) is 5.74. The summed E-state index contributed by atoms with van der Waals surface area (Å²) in [4.78, 5) is 4.69. The molecule has 0 saturated heterocycles. The summed E-state index contributed by atoms with van der Waals surface area (Å²) in [6.45, 7) is 6.57. The fourth-order valence-corrected chi connectivity index (χ4v) is 2.60. The minimum Gasteiger partial charge on any atom is -0.399 e. The fourth-order valence-electron chi connectivity index (χ4n) is 1.55. The van der Waals surface area contributed by atoms with Crippen molar-refractivity contribution in [2.75, 3.05) is 5.73 Å². The molecule has 0 fully saturated rings. The zero-order valence-electron chi connectivity index (χ0n) is 10.9. The largest absolute Gasteiger partial charge is 0.399 e. The summed E-state index contributed by atoms with van der Waals surface area (Å²) in [5.41, 5.74) is 9.04. The number of anilines is 1. The van der Waals surface area contributed by atoms with Crippen LogP contribution in [0.4, 0.5) is 5.69 Å². The standard InChI is InChI=1S/C14H18N2S.ClH/c1-14(2,3)12-9-17-13(16-12)8-10-4-6-11(15)7-5-10;/h4-7,9H,8,15H2,1-3H3;1H. The Labute approximate surface area is 119 Å². The van der Waals surface area contributed by atoms with Crippen LogP contribution in [0.3, 0.4) is 0 Å². The highest BCUT2D eigenvalue weighted by Crippen LogP contribution is 2.25. The second kappa shape index (κ2) is 5.72. The first-order chi connectivity index (χ1) is 7.95. The van der Waals surface area contributed by atoms with Crippen LogP contribution in [0.2, 0.25) is 0 Å². The van der Waals surface area contributed by atoms with Gasteiger partial charge in [-0.05, 0) is 17.7 Å². The highest BCUT2D eigenvalue weighted by Gasteiger charge is 2.17. The molecular weight excluding hydrogens is 264 g/mol. The summed E-state index contributed by atoms with van der Waals surface area (Å²) in [6, 6.07) is 8.00. The third-order valence-electron chi connectivity index (χ3n) is 2.66. The molecule has 2 N–H and O–H groups in total. The van der Waals surface area contributed by atoms with Gasteiger partial charge in [0.05, 0.1) is 10.7 Å². The second-order valence-corrected chi connectivity index (χ2v) is 6.24. The minimum absolute atomic E-state index is 0. The third kappa shape index (κ3) is 3.72. The van der Waals surface area contributed by atoms with Gasteiger partial charge in [-0.25, -0.2) is 4.98 Å². The molecule has 0 aliphatic rings. The number of nitrogens with zero attached hydrogens (tertiary/aromatic N) is 1. The van der Waals surface area contributed by atoms with Crippen LogP contribution in [0.25, 0.3) is 0 Å². The normalized spacial score (nSPS) is 11.1. The fraction of sp³-hybridized carbons (Fsp3) is 0.357. The van der Waals surface area contributed by atoms with Crippen molar-refractivity contribution in [2.24, 2.45) is 0 Å². The molecule has 1 aromatic carbocycles. The number of nitrogens with two attached hydrogens (primary N) is 1. The molecule has 0 amide bonds. The molecule has 18 heavy (non-hydrogen) atoms. The monoisotopic (exact) mass is 282 g/mol. The third-order valence-corrected chi connectivity index (χ3v) is 3.50. The van der Waals surface area contributed by atoms with E-state index in [2.05, 4.69) is 43.3 Å². The van der Waals surface area contributed by atoms with Gasteiger partial charge in [-0.2, -0.15) is 0 Å². The van der Waals surface area contributed by atoms with E-state index in [0.717, 1.165) is 12.1 Å². The van der Waals surface area contributed by atoms with Crippen molar-refractivity contribution in [3.63, 3.8) is 0 Å². The van der Waals surface area contributed by atoms with E-state index in [9.17, 15) is 0 Å². The molecule has 98 valence electrons. The summed E-state index contributed by atoms with van der Waals surface area (Å²) >= 11 is 1.73. The lowest BCUT2D eigenvalue weighted by molar-refractivity contribution is 0.571. The molecule has 0 spiro atoms. The van der Waals surface area contributed by atoms with E-state index in [-0.39, 0.29) is 17.8 Å². The topological polar surface area (TPSA) is 38.9 Å². The van der Waals surface area contributed by atoms with Gasteiger partial charge in [-0.1, -0.05) is 32.9 Å². The predicted octanol–water partition coefficient (Wildman–Crippen LogP) is 4.04. The van der Waals surface area contributed by atoms with Crippen molar-refractivity contribution >= 4 is 29.4 Å². The molecule has 0 aliphatic carbocycles. The molecule has 2 nitrogen and oxygen atoms in total. The number of nitrogen functional groups attached to an aromatic ring is 1. The lowest BCUT2D eigenvalue weighted by Crippen LogP contribution is -2.11. The first kappa shape index (κ1) is 15.0. The smallest absolute Gasteiger partial charge is 0.0972 e. The van der Waals surface area contributed by atoms with E-state index >= 15 is 0 Å². The van der Waals surface area contributed by atoms with E-state index in [1.807, 2.05) is 12.1 Å². The van der Waals surface area contributed by atoms with Crippen LogP contribution in [0.1, 0.15) is 37.0 Å². The number of benzene rings is 1. The van der Waals surface area contributed by atoms with Crippen molar-refractivity contribution in [1.82, 2.24) is 4.98 Å². The number of aromatic nitrogens is 1. The Morgan fingerprint density at radius 3 is 2.28 bits per heavy atom. The van der Waals surface area contributed by atoms with E-state index in [4.69, 9.17) is 5.73 Å². The van der Waals surface area contributed by atoms with Crippen LogP contribution in [0, 0.1) is 0 Å². The number of thiazole rings is 1. The first-order valence-corrected chi connectivity index (χ1v) is 6.62. The molecular formula is C14H19ClN2S. The lowest BCUT2D eigenvalue weighted by Gasteiger charge is -2.14. The highest BCUT2D eigenvalue weighted by atomic mass is 35.5. The van der Waals surface area contributed by atoms with Crippen molar-refractivity contribution in [3.05, 3.63) is 45.9 Å². The van der Waals surface area contributed by atoms with Crippen molar-refractivity contribution in [3.8, 4) is 0 Å². The van der Waals surface area contributed by atoms with E-state index in [1.165, 1.54) is 16.3 Å². The van der Waals surface area contributed by atoms with Crippen molar-refractivity contribution in [2.45, 2.75) is 32.6 Å². The summed E-state index contributed by atoms with van der Waals surface area (Å²) in [5.74, 6) is 0. The van der Waals surface area contributed by atoms with Crippen molar-refractivity contribution in [1.29, 1.82) is 0 Å². The minimum atomic E-state index is 0. The average Bonchev–Trinajstić information content (AvgIpc) is 2.69. The van der Waals surface area contributed by atoms with Crippen LogP contribution in [0.5, 0.6) is 0 Å². The van der Waals surface area contributed by atoms with Gasteiger partial charge in [-0.3, -0.25) is 0 Å². The molecule has 1 heterocycles. The van der Waals surface area contributed by atoms with Gasteiger partial charge >= 0.3 is 0 Å². The number of rotatable bonds is 2. The zero-order chi connectivity index (χ0) is 12.5. The molecule has 0 saturated carbocycles. The second-order valence-electron chi connectivity index (χ2n) is 5.29. The Morgan fingerprint density at radius 1 is 1.17 bits per heavy atom. The number of hydrogen-bond acceptors (Lipinski definition) is 3. The van der Waals surface area contributed by atoms with Crippen LogP contribution in [-0.4, -0.2) is 4.98 Å². The predicted molar refractivity (Wildman–Crippen MR) is 81.7 cm³/mol. The van der Waals surface area contributed by atoms with Crippen LogP contribution >= 0.6 is 23.7 Å². The van der Waals surface area contributed by atoms with Gasteiger partial charge in [0, 0.05) is 22.9 Å². The van der Waals surface area contributed by atoms with Gasteiger partial charge in [0.2, 0.25) is 0 Å². The maximum Gasteiger partial charge on any atom is 0.0972 e. The maximum absolute atomic E-state index is 5.67. The van der Waals surface area contributed by atoms with Gasteiger partial charge in [-0.15, -0.1) is 23.7 Å². The Kier molecular flexibility index (Phi) is 4.77. The Hall–Kier alpha value is -1.06. The molecule has 1 aromatic heterocycles. The quantitative estimate of drug-likeness (QED) is 0.845. The summed E-state index contributed by atoms with van der Waals surface area (Å²) in [5, 5.41) is 3.33. The number of halogens is 1. The average molecular weight is 283 g/mol. The number of hydrogen-bond donors (Lipinski definition) is 1. The van der Waals surface area contributed by atoms with E-state index in [0.29, 0.717) is 0 Å². The zero-order valence-corrected chi connectivity index (χ0v) is 12.6. The Balaban J connectivity index is 0.00000162. The maximum atomic E-state index is 5.67. The van der Waals surface area contributed by atoms with Crippen LogP contribution in [-0.2, 0) is 11.8 Å². The molecule has 2 aromatic rings. The lowest BCUT2D eigenvalue weighted by atomic mass is 9.93. The molecule has 0 atom stereocenters. The van der Waals surface area contributed by atoms with Gasteiger partial charge in [0.1, 0.15) is 0 Å². The molecule has 0 unspecified atom stereocenters. The van der Waals surface area contributed by atoms with Crippen LogP contribution < -0.4 is 5.73 Å². The molecule has 2 rings (SSSR count). The van der Waals surface area contributed by atoms with Gasteiger partial charge in [0.25, 0.3) is 0 Å². The van der Waals surface area contributed by atoms with Gasteiger partial charge < -0.3 is 5.73 Å². The van der Waals surface area contributed by atoms with E-state index < -0.39 is 0 Å². The summed E-state index contributed by atoms with van der Waals surface area (Å²) in [6.07, 6.45) is 0.890. The molecule has 0 aliphatic heterocycles. The SMILES string of the molecule is CC(C)(C)c1csc(Cc2ccc(N)cc2)n1.Cl. The summed E-state index contributed by atoms with van der Waals surface area (Å²) < 4.78 is 0. The van der Waals surface area contributed by atoms with Crippen molar-refractivity contribution < 1.29 is 0 Å². The van der Waals surface area contributed by atoms with Gasteiger partial charge in [0.15, 0.2) is 0 Å².